The first-order valence-corrected chi connectivity index (χ1v) is 9.43. The van der Waals surface area contributed by atoms with E-state index >= 15 is 0 Å². The predicted octanol–water partition coefficient (Wildman–Crippen LogP) is 5.07. The number of fused-ring (bicyclic) bond motifs is 1. The molecule has 3 rings (SSSR count). The topological polar surface area (TPSA) is 43.6 Å². The summed E-state index contributed by atoms with van der Waals surface area (Å²) in [6, 6.07) is 12.7. The molecule has 0 spiro atoms. The van der Waals surface area contributed by atoms with Gasteiger partial charge >= 0.3 is 0 Å². The second kappa shape index (κ2) is 7.89. The van der Waals surface area contributed by atoms with Crippen LogP contribution >= 0.6 is 22.9 Å². The van der Waals surface area contributed by atoms with E-state index in [-0.39, 0.29) is 12.0 Å². The second-order valence-electron chi connectivity index (χ2n) is 5.98. The summed E-state index contributed by atoms with van der Waals surface area (Å²) < 4.78 is 8.49. The zero-order valence-corrected chi connectivity index (χ0v) is 16.2. The molecule has 0 radical (unpaired) electrons. The summed E-state index contributed by atoms with van der Waals surface area (Å²) in [5, 5.41) is 0.629. The van der Waals surface area contributed by atoms with Crippen LogP contribution < -0.4 is 9.54 Å². The molecule has 0 saturated heterocycles. The molecule has 1 amide bonds. The molecule has 0 saturated carbocycles. The van der Waals surface area contributed by atoms with Crippen molar-refractivity contribution in [3.63, 3.8) is 0 Å². The van der Waals surface area contributed by atoms with E-state index in [0.717, 1.165) is 16.0 Å². The minimum absolute atomic E-state index is 0.0856. The highest BCUT2D eigenvalue weighted by atomic mass is 35.5. The Morgan fingerprint density at radius 2 is 2.04 bits per heavy atom. The lowest BCUT2D eigenvalue weighted by atomic mass is 10.2. The third kappa shape index (κ3) is 3.89. The Balaban J connectivity index is 2.01. The van der Waals surface area contributed by atoms with Gasteiger partial charge in [-0.3, -0.25) is 4.79 Å². The zero-order valence-electron chi connectivity index (χ0n) is 14.6. The number of benzene rings is 2. The highest BCUT2D eigenvalue weighted by molar-refractivity contribution is 7.16. The van der Waals surface area contributed by atoms with Gasteiger partial charge in [-0.25, -0.2) is 0 Å². The third-order valence-electron chi connectivity index (χ3n) is 3.63. The lowest BCUT2D eigenvalue weighted by Crippen LogP contribution is -2.16. The van der Waals surface area contributed by atoms with Gasteiger partial charge in [-0.1, -0.05) is 35.1 Å². The molecular formula is C20H19ClN2O2S. The normalized spacial score (nSPS) is 11.9. The fraction of sp³-hybridized carbons (Fsp3) is 0.200. The maximum atomic E-state index is 12.6. The van der Waals surface area contributed by atoms with E-state index in [0.29, 0.717) is 21.9 Å². The minimum atomic E-state index is -0.304. The maximum Gasteiger partial charge on any atom is 0.279 e. The van der Waals surface area contributed by atoms with Crippen molar-refractivity contribution in [3.8, 4) is 5.75 Å². The van der Waals surface area contributed by atoms with Crippen molar-refractivity contribution in [1.82, 2.24) is 4.57 Å². The molecule has 0 unspecified atom stereocenters. The van der Waals surface area contributed by atoms with Gasteiger partial charge in [-0.2, -0.15) is 4.99 Å². The van der Waals surface area contributed by atoms with E-state index in [1.54, 1.807) is 30.3 Å². The molecule has 1 aromatic heterocycles. The SMILES string of the molecule is C=CCn1c(=NC(=O)c2ccc(OC(C)C)cc2)sc2cccc(Cl)c21. The number of thiazole rings is 1. The average Bonchev–Trinajstić information content (AvgIpc) is 2.94. The van der Waals surface area contributed by atoms with Crippen molar-refractivity contribution in [2.45, 2.75) is 26.5 Å². The van der Waals surface area contributed by atoms with Gasteiger partial charge in [0.1, 0.15) is 5.75 Å². The molecule has 0 aliphatic carbocycles. The van der Waals surface area contributed by atoms with Crippen LogP contribution in [0, 0.1) is 0 Å². The number of carbonyl (C=O) groups is 1. The molecule has 0 aliphatic heterocycles. The molecule has 4 nitrogen and oxygen atoms in total. The van der Waals surface area contributed by atoms with Crippen molar-refractivity contribution in [1.29, 1.82) is 0 Å². The largest absolute Gasteiger partial charge is 0.491 e. The highest BCUT2D eigenvalue weighted by Gasteiger charge is 2.11. The molecule has 0 fully saturated rings. The first-order valence-electron chi connectivity index (χ1n) is 8.24. The van der Waals surface area contributed by atoms with Crippen LogP contribution in [0.1, 0.15) is 24.2 Å². The number of hydrogen-bond donors (Lipinski definition) is 0. The summed E-state index contributed by atoms with van der Waals surface area (Å²) in [6.45, 7) is 8.22. The maximum absolute atomic E-state index is 12.6. The number of allylic oxidation sites excluding steroid dienone is 1. The molecule has 0 aliphatic rings. The molecule has 1 heterocycles. The summed E-state index contributed by atoms with van der Waals surface area (Å²) in [4.78, 5) is 17.5. The summed E-state index contributed by atoms with van der Waals surface area (Å²) in [5.41, 5.74) is 1.38. The van der Waals surface area contributed by atoms with E-state index in [2.05, 4.69) is 11.6 Å². The fourth-order valence-electron chi connectivity index (χ4n) is 2.57. The van der Waals surface area contributed by atoms with Gasteiger partial charge in [-0.15, -0.1) is 6.58 Å². The Morgan fingerprint density at radius 1 is 1.31 bits per heavy atom. The smallest absolute Gasteiger partial charge is 0.279 e. The Morgan fingerprint density at radius 3 is 2.69 bits per heavy atom. The number of amides is 1. The second-order valence-corrected chi connectivity index (χ2v) is 7.39. The number of nitrogens with zero attached hydrogens (tertiary/aromatic N) is 2. The van der Waals surface area contributed by atoms with Crippen molar-refractivity contribution >= 4 is 39.1 Å². The van der Waals surface area contributed by atoms with E-state index < -0.39 is 0 Å². The number of halogens is 1. The number of para-hydroxylation sites is 1. The fourth-order valence-corrected chi connectivity index (χ4v) is 3.97. The van der Waals surface area contributed by atoms with Crippen LogP contribution in [0.15, 0.2) is 60.1 Å². The van der Waals surface area contributed by atoms with Crippen LogP contribution in [-0.4, -0.2) is 16.6 Å². The lowest BCUT2D eigenvalue weighted by molar-refractivity contribution is 0.0998. The summed E-state index contributed by atoms with van der Waals surface area (Å²) >= 11 is 7.77. The van der Waals surface area contributed by atoms with Gasteiger partial charge in [0.05, 0.1) is 21.3 Å². The molecule has 26 heavy (non-hydrogen) atoms. The Hall–Kier alpha value is -2.37. The van der Waals surface area contributed by atoms with Crippen LogP contribution in [0.3, 0.4) is 0 Å². The van der Waals surface area contributed by atoms with Crippen LogP contribution in [0.4, 0.5) is 0 Å². The molecule has 0 atom stereocenters. The van der Waals surface area contributed by atoms with E-state index in [1.807, 2.05) is 36.6 Å². The van der Waals surface area contributed by atoms with Gasteiger partial charge in [0.25, 0.3) is 5.91 Å². The molecule has 6 heteroatoms. The van der Waals surface area contributed by atoms with E-state index in [1.165, 1.54) is 11.3 Å². The lowest BCUT2D eigenvalue weighted by Gasteiger charge is -2.09. The van der Waals surface area contributed by atoms with Crippen molar-refractivity contribution in [2.24, 2.45) is 4.99 Å². The number of ether oxygens (including phenoxy) is 1. The zero-order chi connectivity index (χ0) is 18.7. The first kappa shape index (κ1) is 18.4. The molecular weight excluding hydrogens is 368 g/mol. The number of aromatic nitrogens is 1. The molecule has 0 bridgehead atoms. The summed E-state index contributed by atoms with van der Waals surface area (Å²) in [6.07, 6.45) is 1.85. The summed E-state index contributed by atoms with van der Waals surface area (Å²) in [5.74, 6) is 0.425. The number of hydrogen-bond acceptors (Lipinski definition) is 3. The van der Waals surface area contributed by atoms with Crippen LogP contribution in [0.5, 0.6) is 5.75 Å². The van der Waals surface area contributed by atoms with Crippen LogP contribution in [-0.2, 0) is 6.54 Å². The van der Waals surface area contributed by atoms with Gasteiger partial charge in [0.15, 0.2) is 4.80 Å². The molecule has 134 valence electrons. The van der Waals surface area contributed by atoms with Gasteiger partial charge in [-0.05, 0) is 50.2 Å². The number of rotatable bonds is 5. The summed E-state index contributed by atoms with van der Waals surface area (Å²) in [7, 11) is 0. The Kier molecular flexibility index (Phi) is 5.59. The van der Waals surface area contributed by atoms with Crippen LogP contribution in [0.25, 0.3) is 10.2 Å². The predicted molar refractivity (Wildman–Crippen MR) is 107 cm³/mol. The Bertz CT molecular complexity index is 1020. The molecule has 2 aromatic carbocycles. The van der Waals surface area contributed by atoms with Crippen LogP contribution in [0.2, 0.25) is 5.02 Å². The molecule has 3 aromatic rings. The van der Waals surface area contributed by atoms with Crippen molar-refractivity contribution in [3.05, 3.63) is 70.5 Å². The van der Waals surface area contributed by atoms with Gasteiger partial charge in [0.2, 0.25) is 0 Å². The number of carbonyl (C=O) groups excluding carboxylic acids is 1. The highest BCUT2D eigenvalue weighted by Crippen LogP contribution is 2.25. The van der Waals surface area contributed by atoms with Gasteiger partial charge < -0.3 is 9.30 Å². The third-order valence-corrected chi connectivity index (χ3v) is 4.98. The standard InChI is InChI=1S/C20H19ClN2O2S/c1-4-12-23-18-16(21)6-5-7-17(18)26-20(23)22-19(24)14-8-10-15(11-9-14)25-13(2)3/h4-11,13H,1,12H2,2-3H3. The minimum Gasteiger partial charge on any atom is -0.491 e. The average molecular weight is 387 g/mol. The van der Waals surface area contributed by atoms with Crippen molar-refractivity contribution in [2.75, 3.05) is 0 Å². The quantitative estimate of drug-likeness (QED) is 0.574. The van der Waals surface area contributed by atoms with E-state index in [9.17, 15) is 4.79 Å². The monoisotopic (exact) mass is 386 g/mol. The van der Waals surface area contributed by atoms with E-state index in [4.69, 9.17) is 16.3 Å². The Labute approximate surface area is 161 Å². The molecule has 0 N–H and O–H groups in total. The van der Waals surface area contributed by atoms with Gasteiger partial charge in [0, 0.05) is 12.1 Å². The first-order chi connectivity index (χ1) is 12.5. The van der Waals surface area contributed by atoms with Crippen molar-refractivity contribution < 1.29 is 9.53 Å².